The Kier molecular flexibility index (Phi) is 9.96. The van der Waals surface area contributed by atoms with E-state index < -0.39 is 21.7 Å². The van der Waals surface area contributed by atoms with Crippen molar-refractivity contribution in [3.05, 3.63) is 0 Å². The topological polar surface area (TPSA) is 159 Å². The fourth-order valence-corrected chi connectivity index (χ4v) is 0.876. The summed E-state index contributed by atoms with van der Waals surface area (Å²) in [7, 11) is -4.74. The summed E-state index contributed by atoms with van der Waals surface area (Å²) in [4.78, 5) is 0. The predicted octanol–water partition coefficient (Wildman–Crippen LogP) is -2.58. The molecule has 9 heteroatoms. The third-order valence-electron chi connectivity index (χ3n) is 1.52. The summed E-state index contributed by atoms with van der Waals surface area (Å²) >= 11 is 0. The molecule has 0 saturated carbocycles. The molecule has 0 saturated heterocycles. The van der Waals surface area contributed by atoms with Crippen molar-refractivity contribution in [2.75, 3.05) is 26.2 Å². The van der Waals surface area contributed by atoms with E-state index in [1.807, 2.05) is 0 Å². The first-order valence-corrected chi connectivity index (χ1v) is 6.19. The van der Waals surface area contributed by atoms with Crippen molar-refractivity contribution < 1.29 is 23.2 Å². The van der Waals surface area contributed by atoms with Crippen LogP contribution in [0.2, 0.25) is 0 Å². The van der Waals surface area contributed by atoms with Gasteiger partial charge < -0.3 is 27.0 Å². The van der Waals surface area contributed by atoms with Gasteiger partial charge in [0.05, 0.1) is 0 Å². The van der Waals surface area contributed by atoms with Crippen LogP contribution in [0.5, 0.6) is 0 Å². The minimum atomic E-state index is -4.74. The van der Waals surface area contributed by atoms with E-state index in [0.717, 1.165) is 13.1 Å². The van der Waals surface area contributed by atoms with Gasteiger partial charge in [-0.25, -0.2) is 0 Å². The van der Waals surface area contributed by atoms with Crippen molar-refractivity contribution in [2.24, 2.45) is 11.5 Å². The van der Waals surface area contributed by atoms with Crippen LogP contribution in [0.25, 0.3) is 0 Å². The molecular formula is C7H21N3O5S. The largest absolute Gasteiger partial charge is 0.352 e. The first-order chi connectivity index (χ1) is 7.22. The minimum absolute atomic E-state index is 0.466. The van der Waals surface area contributed by atoms with Gasteiger partial charge in [0.15, 0.2) is 0 Å². The zero-order valence-electron chi connectivity index (χ0n) is 9.26. The van der Waals surface area contributed by atoms with Crippen LogP contribution >= 0.6 is 0 Å². The van der Waals surface area contributed by atoms with Gasteiger partial charge >= 0.3 is 10.1 Å². The lowest BCUT2D eigenvalue weighted by Crippen LogP contribution is -2.36. The summed E-state index contributed by atoms with van der Waals surface area (Å²) in [5.74, 6) is 0. The molecule has 0 spiro atoms. The van der Waals surface area contributed by atoms with E-state index in [1.54, 1.807) is 0 Å². The molecule has 0 aliphatic rings. The van der Waals surface area contributed by atoms with Gasteiger partial charge in [0.25, 0.3) is 5.12 Å². The molecular weight excluding hydrogens is 238 g/mol. The Labute approximate surface area is 95.4 Å². The Hall–Kier alpha value is -0.290. The van der Waals surface area contributed by atoms with E-state index in [-0.39, 0.29) is 0 Å². The molecule has 0 amide bonds. The Morgan fingerprint density at radius 3 is 1.69 bits per heavy atom. The normalized spacial score (nSPS) is 11.9. The lowest BCUT2D eigenvalue weighted by Gasteiger charge is -2.14. The third kappa shape index (κ3) is 8.97. The molecule has 8 nitrogen and oxygen atoms in total. The Morgan fingerprint density at radius 1 is 1.19 bits per heavy atom. The van der Waals surface area contributed by atoms with Crippen LogP contribution < -0.4 is 16.8 Å². The van der Waals surface area contributed by atoms with Crippen LogP contribution in [0.15, 0.2) is 0 Å². The molecule has 0 atom stereocenters. The average molecular weight is 259 g/mol. The van der Waals surface area contributed by atoms with Crippen LogP contribution in [0.1, 0.15) is 13.3 Å². The lowest BCUT2D eigenvalue weighted by atomic mass is 10.5. The SMILES string of the molecule is CCC(O)(O)S(=O)(=O)O.NCCNCCN. The molecule has 0 aliphatic heterocycles. The van der Waals surface area contributed by atoms with Crippen molar-refractivity contribution in [1.82, 2.24) is 5.32 Å². The fraction of sp³-hybridized carbons (Fsp3) is 1.00. The van der Waals surface area contributed by atoms with E-state index in [2.05, 4.69) is 5.32 Å². The molecule has 0 aliphatic carbocycles. The first kappa shape index (κ1) is 18.1. The zero-order chi connectivity index (χ0) is 13.2. The van der Waals surface area contributed by atoms with Crippen molar-refractivity contribution in [1.29, 1.82) is 0 Å². The second kappa shape index (κ2) is 8.82. The third-order valence-corrected chi connectivity index (χ3v) is 2.63. The summed E-state index contributed by atoms with van der Waals surface area (Å²) in [5, 5.41) is 16.8. The van der Waals surface area contributed by atoms with E-state index in [4.69, 9.17) is 26.2 Å². The minimum Gasteiger partial charge on any atom is -0.352 e. The van der Waals surface area contributed by atoms with Crippen molar-refractivity contribution in [3.8, 4) is 0 Å². The molecule has 100 valence electrons. The molecule has 0 aromatic heterocycles. The molecule has 0 unspecified atom stereocenters. The van der Waals surface area contributed by atoms with E-state index in [9.17, 15) is 8.42 Å². The monoisotopic (exact) mass is 259 g/mol. The lowest BCUT2D eigenvalue weighted by molar-refractivity contribution is -0.0924. The summed E-state index contributed by atoms with van der Waals surface area (Å²) < 4.78 is 27.9. The van der Waals surface area contributed by atoms with Gasteiger partial charge in [-0.05, 0) is 0 Å². The first-order valence-electron chi connectivity index (χ1n) is 4.75. The van der Waals surface area contributed by atoms with Crippen molar-refractivity contribution in [2.45, 2.75) is 18.5 Å². The molecule has 0 rings (SSSR count). The number of aliphatic hydroxyl groups is 2. The Morgan fingerprint density at radius 2 is 1.56 bits per heavy atom. The summed E-state index contributed by atoms with van der Waals surface area (Å²) in [5.41, 5.74) is 10.3. The highest BCUT2D eigenvalue weighted by atomic mass is 32.2. The highest BCUT2D eigenvalue weighted by Crippen LogP contribution is 2.11. The van der Waals surface area contributed by atoms with Gasteiger partial charge in [-0.15, -0.1) is 0 Å². The van der Waals surface area contributed by atoms with Crippen LogP contribution in [-0.4, -0.2) is 54.5 Å². The van der Waals surface area contributed by atoms with Crippen LogP contribution in [0.4, 0.5) is 0 Å². The molecule has 0 aromatic carbocycles. The molecule has 0 bridgehead atoms. The number of nitrogens with one attached hydrogen (secondary N) is 1. The average Bonchev–Trinajstić information content (AvgIpc) is 2.18. The fourth-order valence-electron chi connectivity index (χ4n) is 0.512. The van der Waals surface area contributed by atoms with Crippen LogP contribution in [0, 0.1) is 0 Å². The molecule has 8 N–H and O–H groups in total. The van der Waals surface area contributed by atoms with Gasteiger partial charge in [-0.2, -0.15) is 8.42 Å². The second-order valence-corrected chi connectivity index (χ2v) is 4.50. The van der Waals surface area contributed by atoms with Crippen molar-refractivity contribution in [3.63, 3.8) is 0 Å². The Balaban J connectivity index is 0. The summed E-state index contributed by atoms with van der Waals surface area (Å²) in [6.45, 7) is 4.35. The van der Waals surface area contributed by atoms with Crippen molar-refractivity contribution >= 4 is 10.1 Å². The summed E-state index contributed by atoms with van der Waals surface area (Å²) in [6, 6.07) is 0. The molecule has 0 fully saturated rings. The zero-order valence-corrected chi connectivity index (χ0v) is 10.1. The highest BCUT2D eigenvalue weighted by Gasteiger charge is 2.35. The molecule has 0 aromatic rings. The highest BCUT2D eigenvalue weighted by molar-refractivity contribution is 7.86. The van der Waals surface area contributed by atoms with Gasteiger partial charge in [0, 0.05) is 32.6 Å². The van der Waals surface area contributed by atoms with E-state index in [0.29, 0.717) is 13.1 Å². The molecule has 0 radical (unpaired) electrons. The maximum atomic E-state index is 9.94. The number of rotatable bonds is 6. The van der Waals surface area contributed by atoms with Gasteiger partial charge in [0.2, 0.25) is 0 Å². The number of hydrogen-bond acceptors (Lipinski definition) is 7. The van der Waals surface area contributed by atoms with E-state index in [1.165, 1.54) is 6.92 Å². The standard InChI is InChI=1S/C4H13N3.C3H8O5S/c5-1-3-7-4-2-6;1-2-3(4,5)9(6,7)8/h7H,1-6H2;4-5H,2H2,1H3,(H,6,7,8). The number of nitrogens with two attached hydrogens (primary N) is 2. The van der Waals surface area contributed by atoms with Crippen LogP contribution in [0.3, 0.4) is 0 Å². The maximum Gasteiger partial charge on any atom is 0.321 e. The summed E-state index contributed by atoms with van der Waals surface area (Å²) in [6.07, 6.45) is -0.466. The number of hydrogen-bond donors (Lipinski definition) is 6. The van der Waals surface area contributed by atoms with Crippen LogP contribution in [-0.2, 0) is 10.1 Å². The predicted molar refractivity (Wildman–Crippen MR) is 60.0 cm³/mol. The smallest absolute Gasteiger partial charge is 0.321 e. The van der Waals surface area contributed by atoms with E-state index >= 15 is 0 Å². The second-order valence-electron chi connectivity index (χ2n) is 2.90. The van der Waals surface area contributed by atoms with Gasteiger partial charge in [-0.1, -0.05) is 6.92 Å². The maximum absolute atomic E-state index is 9.94. The van der Waals surface area contributed by atoms with Gasteiger partial charge in [-0.3, -0.25) is 4.55 Å². The Bertz CT molecular complexity index is 251. The quantitative estimate of drug-likeness (QED) is 0.172. The molecule has 16 heavy (non-hydrogen) atoms. The molecule has 0 heterocycles. The van der Waals surface area contributed by atoms with Gasteiger partial charge in [0.1, 0.15) is 0 Å².